The van der Waals surface area contributed by atoms with E-state index in [4.69, 9.17) is 4.74 Å². The monoisotopic (exact) mass is 315 g/mol. The molecule has 0 radical (unpaired) electrons. The number of nitrogens with one attached hydrogen (secondary N) is 3. The first-order valence-electron chi connectivity index (χ1n) is 7.36. The number of halogens is 1. The van der Waals surface area contributed by atoms with Gasteiger partial charge >= 0.3 is 0 Å². The van der Waals surface area contributed by atoms with Crippen LogP contribution in [0.1, 0.15) is 11.6 Å². The molecule has 23 heavy (non-hydrogen) atoms. The minimum atomic E-state index is -0.293. The number of ether oxygens (including phenoxy) is 1. The highest BCUT2D eigenvalue weighted by Crippen LogP contribution is 2.26. The van der Waals surface area contributed by atoms with E-state index in [0.717, 1.165) is 11.3 Å². The van der Waals surface area contributed by atoms with Crippen LogP contribution in [0.4, 0.5) is 10.1 Å². The van der Waals surface area contributed by atoms with E-state index >= 15 is 0 Å². The molecule has 0 aliphatic carbocycles. The minimum Gasteiger partial charge on any atom is -0.497 e. The van der Waals surface area contributed by atoms with Gasteiger partial charge in [-0.05, 0) is 42.0 Å². The third-order valence-electron chi connectivity index (χ3n) is 3.91. The molecule has 0 spiro atoms. The van der Waals surface area contributed by atoms with Gasteiger partial charge in [0.2, 0.25) is 5.91 Å². The number of rotatable bonds is 4. The summed E-state index contributed by atoms with van der Waals surface area (Å²) < 4.78 is 18.1. The first kappa shape index (κ1) is 15.5. The van der Waals surface area contributed by atoms with Crippen LogP contribution in [0.3, 0.4) is 0 Å². The van der Waals surface area contributed by atoms with Gasteiger partial charge in [-0.25, -0.2) is 9.82 Å². The molecule has 120 valence electrons. The highest BCUT2D eigenvalue weighted by molar-refractivity contribution is 5.93. The third-order valence-corrected chi connectivity index (χ3v) is 3.91. The second-order valence-corrected chi connectivity index (χ2v) is 5.38. The molecule has 2 unspecified atom stereocenters. The molecule has 0 saturated carbocycles. The van der Waals surface area contributed by atoms with Crippen LogP contribution in [-0.2, 0) is 4.79 Å². The van der Waals surface area contributed by atoms with Gasteiger partial charge in [0.25, 0.3) is 0 Å². The van der Waals surface area contributed by atoms with Gasteiger partial charge in [-0.1, -0.05) is 12.1 Å². The summed E-state index contributed by atoms with van der Waals surface area (Å²) >= 11 is 0. The van der Waals surface area contributed by atoms with E-state index in [-0.39, 0.29) is 23.7 Å². The zero-order valence-electron chi connectivity index (χ0n) is 12.7. The molecule has 1 heterocycles. The van der Waals surface area contributed by atoms with Crippen LogP contribution in [0.15, 0.2) is 48.5 Å². The Balaban J connectivity index is 1.71. The maximum Gasteiger partial charge on any atom is 0.230 e. The van der Waals surface area contributed by atoms with Crippen LogP contribution in [-0.4, -0.2) is 19.6 Å². The molecule has 2 aromatic rings. The SMILES string of the molecule is COc1ccc(NC(=O)C2CNNC2c2ccc(F)cc2)cc1. The number of hydrazine groups is 1. The summed E-state index contributed by atoms with van der Waals surface area (Å²) in [6.07, 6.45) is 0. The van der Waals surface area contributed by atoms with Gasteiger partial charge in [-0.2, -0.15) is 0 Å². The van der Waals surface area contributed by atoms with Gasteiger partial charge in [-0.15, -0.1) is 0 Å². The smallest absolute Gasteiger partial charge is 0.230 e. The average Bonchev–Trinajstić information content (AvgIpc) is 3.06. The predicted molar refractivity (Wildman–Crippen MR) is 85.4 cm³/mol. The van der Waals surface area contributed by atoms with Crippen LogP contribution in [0, 0.1) is 11.7 Å². The molecule has 5 nitrogen and oxygen atoms in total. The molecule has 2 atom stereocenters. The molecule has 0 bridgehead atoms. The third kappa shape index (κ3) is 3.49. The number of hydrogen-bond acceptors (Lipinski definition) is 4. The van der Waals surface area contributed by atoms with Gasteiger partial charge in [0.1, 0.15) is 11.6 Å². The zero-order valence-corrected chi connectivity index (χ0v) is 12.7. The van der Waals surface area contributed by atoms with Gasteiger partial charge in [-0.3, -0.25) is 10.2 Å². The molecular weight excluding hydrogens is 297 g/mol. The fourth-order valence-corrected chi connectivity index (χ4v) is 2.64. The van der Waals surface area contributed by atoms with Gasteiger partial charge in [0.15, 0.2) is 0 Å². The van der Waals surface area contributed by atoms with Gasteiger partial charge < -0.3 is 10.1 Å². The maximum atomic E-state index is 13.1. The van der Waals surface area contributed by atoms with E-state index in [1.807, 2.05) is 0 Å². The Kier molecular flexibility index (Phi) is 4.55. The van der Waals surface area contributed by atoms with Gasteiger partial charge in [0, 0.05) is 12.2 Å². The van der Waals surface area contributed by atoms with Crippen LogP contribution in [0.2, 0.25) is 0 Å². The first-order valence-corrected chi connectivity index (χ1v) is 7.36. The number of benzene rings is 2. The predicted octanol–water partition coefficient (Wildman–Crippen LogP) is 2.24. The molecule has 3 N–H and O–H groups in total. The quantitative estimate of drug-likeness (QED) is 0.810. The summed E-state index contributed by atoms with van der Waals surface area (Å²) in [7, 11) is 1.59. The molecule has 1 amide bonds. The van der Waals surface area contributed by atoms with Crippen molar-refractivity contribution in [2.24, 2.45) is 5.92 Å². The Morgan fingerprint density at radius 2 is 1.87 bits per heavy atom. The summed E-state index contributed by atoms with van der Waals surface area (Å²) in [4.78, 5) is 12.5. The molecule has 1 aliphatic rings. The van der Waals surface area contributed by atoms with Crippen LogP contribution in [0.5, 0.6) is 5.75 Å². The normalized spacial score (nSPS) is 20.3. The van der Waals surface area contributed by atoms with E-state index in [0.29, 0.717) is 12.2 Å². The second-order valence-electron chi connectivity index (χ2n) is 5.38. The van der Waals surface area contributed by atoms with Crippen molar-refractivity contribution in [1.29, 1.82) is 0 Å². The largest absolute Gasteiger partial charge is 0.497 e. The van der Waals surface area contributed by atoms with E-state index < -0.39 is 0 Å². The lowest BCUT2D eigenvalue weighted by Gasteiger charge is -2.18. The highest BCUT2D eigenvalue weighted by atomic mass is 19.1. The fourth-order valence-electron chi connectivity index (χ4n) is 2.64. The Labute approximate surface area is 133 Å². The van der Waals surface area contributed by atoms with E-state index in [9.17, 15) is 9.18 Å². The van der Waals surface area contributed by atoms with Crippen molar-refractivity contribution in [2.75, 3.05) is 19.0 Å². The van der Waals surface area contributed by atoms with Crippen molar-refractivity contribution in [2.45, 2.75) is 6.04 Å². The number of methoxy groups -OCH3 is 1. The minimum absolute atomic E-state index is 0.0954. The Morgan fingerprint density at radius 3 is 2.52 bits per heavy atom. The Morgan fingerprint density at radius 1 is 1.17 bits per heavy atom. The Bertz CT molecular complexity index is 673. The lowest BCUT2D eigenvalue weighted by Crippen LogP contribution is -2.29. The topological polar surface area (TPSA) is 62.4 Å². The van der Waals surface area contributed by atoms with Crippen molar-refractivity contribution in [3.05, 3.63) is 59.9 Å². The molecule has 1 fully saturated rings. The molecule has 1 saturated heterocycles. The lowest BCUT2D eigenvalue weighted by atomic mass is 9.94. The molecule has 3 rings (SSSR count). The fraction of sp³-hybridized carbons (Fsp3) is 0.235. The highest BCUT2D eigenvalue weighted by Gasteiger charge is 2.33. The second kappa shape index (κ2) is 6.76. The van der Waals surface area contributed by atoms with E-state index in [2.05, 4.69) is 16.2 Å². The van der Waals surface area contributed by atoms with Crippen molar-refractivity contribution < 1.29 is 13.9 Å². The summed E-state index contributed by atoms with van der Waals surface area (Å²) in [6, 6.07) is 13.1. The number of hydrogen-bond donors (Lipinski definition) is 3. The zero-order chi connectivity index (χ0) is 16.2. The molecule has 2 aromatic carbocycles. The summed E-state index contributed by atoms with van der Waals surface area (Å²) in [5.74, 6) is 0.0554. The van der Waals surface area contributed by atoms with Gasteiger partial charge in [0.05, 0.1) is 19.1 Å². The summed E-state index contributed by atoms with van der Waals surface area (Å²) in [5, 5.41) is 2.90. The van der Waals surface area contributed by atoms with E-state index in [1.54, 1.807) is 43.5 Å². The van der Waals surface area contributed by atoms with Crippen LogP contribution in [0.25, 0.3) is 0 Å². The van der Waals surface area contributed by atoms with Crippen LogP contribution < -0.4 is 20.9 Å². The lowest BCUT2D eigenvalue weighted by molar-refractivity contribution is -0.119. The van der Waals surface area contributed by atoms with Crippen molar-refractivity contribution in [3.8, 4) is 5.75 Å². The van der Waals surface area contributed by atoms with Crippen LogP contribution >= 0.6 is 0 Å². The first-order chi connectivity index (χ1) is 11.2. The number of amides is 1. The molecular formula is C17H18FN3O2. The molecule has 6 heteroatoms. The van der Waals surface area contributed by atoms with Crippen molar-refractivity contribution >= 4 is 11.6 Å². The van der Waals surface area contributed by atoms with Crippen molar-refractivity contribution in [1.82, 2.24) is 10.9 Å². The number of anilines is 1. The summed E-state index contributed by atoms with van der Waals surface area (Å²) in [6.45, 7) is 0.504. The number of carbonyl (C=O) groups is 1. The molecule has 1 aliphatic heterocycles. The van der Waals surface area contributed by atoms with Crippen molar-refractivity contribution in [3.63, 3.8) is 0 Å². The number of carbonyl (C=O) groups excluding carboxylic acids is 1. The maximum absolute atomic E-state index is 13.1. The summed E-state index contributed by atoms with van der Waals surface area (Å²) in [5.41, 5.74) is 7.65. The average molecular weight is 315 g/mol. The standard InChI is InChI=1S/C17H18FN3O2/c1-23-14-8-6-13(7-9-14)20-17(22)15-10-19-21-16(15)11-2-4-12(18)5-3-11/h2-9,15-16,19,21H,10H2,1H3,(H,20,22). The van der Waals surface area contributed by atoms with E-state index in [1.165, 1.54) is 12.1 Å². The Hall–Kier alpha value is -2.44. The molecule has 0 aromatic heterocycles.